The van der Waals surface area contributed by atoms with Gasteiger partial charge in [0, 0.05) is 19.6 Å². The summed E-state index contributed by atoms with van der Waals surface area (Å²) < 4.78 is 46.4. The van der Waals surface area contributed by atoms with Gasteiger partial charge in [0.05, 0.1) is 29.2 Å². The summed E-state index contributed by atoms with van der Waals surface area (Å²) in [4.78, 5) is 12.5. The topological polar surface area (TPSA) is 121 Å². The summed E-state index contributed by atoms with van der Waals surface area (Å²) in [5.74, 6) is -1.43. The van der Waals surface area contributed by atoms with Gasteiger partial charge in [-0.15, -0.1) is 15.9 Å². The third kappa shape index (κ3) is 6.39. The number of hydrogen-bond acceptors (Lipinski definition) is 7. The Bertz CT molecular complexity index is 1360. The van der Waals surface area contributed by atoms with E-state index in [9.17, 15) is 23.4 Å². The highest BCUT2D eigenvalue weighted by molar-refractivity contribution is 8.22. The molecule has 40 heavy (non-hydrogen) atoms. The molecule has 0 spiro atoms. The predicted molar refractivity (Wildman–Crippen MR) is 151 cm³/mol. The minimum Gasteiger partial charge on any atom is -0.481 e. The molecule has 2 heterocycles. The van der Waals surface area contributed by atoms with E-state index in [4.69, 9.17) is 4.74 Å². The van der Waals surface area contributed by atoms with Gasteiger partial charge in [-0.25, -0.2) is 4.39 Å². The van der Waals surface area contributed by atoms with E-state index in [1.807, 2.05) is 39.0 Å². The largest absolute Gasteiger partial charge is 0.481 e. The molecular formula is C29H39FN4O5S. The molecular weight excluding hydrogens is 535 g/mol. The van der Waals surface area contributed by atoms with Crippen molar-refractivity contribution in [1.29, 1.82) is 0 Å². The van der Waals surface area contributed by atoms with Crippen molar-refractivity contribution in [3.63, 3.8) is 0 Å². The van der Waals surface area contributed by atoms with Crippen LogP contribution in [0, 0.1) is 24.1 Å². The van der Waals surface area contributed by atoms with E-state index in [2.05, 4.69) is 10.3 Å². The van der Waals surface area contributed by atoms with E-state index in [0.29, 0.717) is 24.2 Å². The average molecular weight is 575 g/mol. The van der Waals surface area contributed by atoms with Crippen LogP contribution in [0.1, 0.15) is 68.2 Å². The molecule has 218 valence electrons. The zero-order valence-corrected chi connectivity index (χ0v) is 24.5. The van der Waals surface area contributed by atoms with Crippen molar-refractivity contribution in [3.05, 3.63) is 76.4 Å². The number of fused-ring (bicyclic) bond motifs is 1. The van der Waals surface area contributed by atoms with Gasteiger partial charge >= 0.3 is 5.97 Å². The zero-order chi connectivity index (χ0) is 29.2. The molecule has 3 N–H and O–H groups in total. The van der Waals surface area contributed by atoms with Crippen LogP contribution in [0.2, 0.25) is 0 Å². The third-order valence-corrected chi connectivity index (χ3v) is 9.40. The van der Waals surface area contributed by atoms with Crippen molar-refractivity contribution >= 4 is 16.7 Å². The lowest BCUT2D eigenvalue weighted by Crippen LogP contribution is -2.33. The number of nitrogens with zero attached hydrogens (tertiary/aromatic N) is 4. The van der Waals surface area contributed by atoms with E-state index < -0.39 is 34.1 Å². The Morgan fingerprint density at radius 3 is 2.70 bits per heavy atom. The highest BCUT2D eigenvalue weighted by atomic mass is 32.3. The second-order valence-electron chi connectivity index (χ2n) is 11.3. The lowest BCUT2D eigenvalue weighted by Gasteiger charge is -2.43. The summed E-state index contributed by atoms with van der Waals surface area (Å²) in [6, 6.07) is 9.79. The standard InChI is InChI=1S/C29H39FN4O5S/c1-6-11-33-17-25(31-32-33)18-39-27(29(4,5)28(35)36)22-8-7-20(3)23(13-22)16-34-15-19(2)12-21-9-10-24(30)14-26(21)40(34,37)38/h7-10,13-14,17,19,27,37-38H,6,11-12,15-16,18H2,1-5H3,(H,35,36). The molecule has 0 saturated heterocycles. The highest BCUT2D eigenvalue weighted by Crippen LogP contribution is 2.56. The molecule has 0 amide bonds. The number of halogens is 1. The number of carboxylic acid groups (broad SMARTS) is 1. The summed E-state index contributed by atoms with van der Waals surface area (Å²) >= 11 is 0. The lowest BCUT2D eigenvalue weighted by atomic mass is 9.81. The molecule has 1 aliphatic rings. The van der Waals surface area contributed by atoms with Gasteiger partial charge in [0.15, 0.2) is 0 Å². The Kier molecular flexibility index (Phi) is 9.01. The van der Waals surface area contributed by atoms with Crippen molar-refractivity contribution in [2.45, 2.75) is 78.2 Å². The molecule has 2 aromatic carbocycles. The van der Waals surface area contributed by atoms with Crippen LogP contribution < -0.4 is 0 Å². The van der Waals surface area contributed by atoms with Gasteiger partial charge in [-0.05, 0) is 73.9 Å². The second-order valence-corrected chi connectivity index (χ2v) is 13.3. The normalized spacial score (nSPS) is 19.1. The number of hydrogen-bond donors (Lipinski definition) is 3. The van der Waals surface area contributed by atoms with E-state index in [1.54, 1.807) is 35.1 Å². The average Bonchev–Trinajstić information content (AvgIpc) is 3.30. The molecule has 0 aliphatic carbocycles. The molecule has 0 saturated carbocycles. The van der Waals surface area contributed by atoms with Gasteiger partial charge < -0.3 is 9.84 Å². The van der Waals surface area contributed by atoms with Gasteiger partial charge in [-0.3, -0.25) is 18.6 Å². The number of ether oxygens (including phenoxy) is 1. The minimum atomic E-state index is -3.46. The summed E-state index contributed by atoms with van der Waals surface area (Å²) in [5.41, 5.74) is 2.42. The molecule has 2 unspecified atom stereocenters. The van der Waals surface area contributed by atoms with Crippen molar-refractivity contribution in [2.24, 2.45) is 11.3 Å². The molecule has 1 aliphatic heterocycles. The first-order valence-corrected chi connectivity index (χ1v) is 15.0. The van der Waals surface area contributed by atoms with Gasteiger partial charge in [0.1, 0.15) is 11.5 Å². The van der Waals surface area contributed by atoms with Gasteiger partial charge in [0.2, 0.25) is 0 Å². The SMILES string of the molecule is CCCn1cc(COC(c2ccc(C)c(CN3CC(C)Cc4ccc(F)cc4S3(O)O)c2)C(C)(C)C(=O)O)nn1. The number of carbonyl (C=O) groups is 1. The van der Waals surface area contributed by atoms with Crippen molar-refractivity contribution < 1.29 is 28.1 Å². The molecule has 1 aromatic heterocycles. The summed E-state index contributed by atoms with van der Waals surface area (Å²) in [6.45, 7) is 10.6. The van der Waals surface area contributed by atoms with Crippen molar-refractivity contribution in [2.75, 3.05) is 6.54 Å². The van der Waals surface area contributed by atoms with E-state index >= 15 is 0 Å². The van der Waals surface area contributed by atoms with Crippen molar-refractivity contribution in [3.8, 4) is 0 Å². The Morgan fingerprint density at radius 1 is 1.25 bits per heavy atom. The van der Waals surface area contributed by atoms with E-state index in [0.717, 1.165) is 29.7 Å². The fourth-order valence-corrected chi connectivity index (χ4v) is 6.93. The van der Waals surface area contributed by atoms with E-state index in [-0.39, 0.29) is 24.0 Å². The first kappa shape index (κ1) is 30.1. The number of rotatable bonds is 10. The van der Waals surface area contributed by atoms with Gasteiger partial charge in [0.25, 0.3) is 0 Å². The number of carboxylic acids is 1. The summed E-state index contributed by atoms with van der Waals surface area (Å²) in [7, 11) is -3.46. The molecule has 3 aromatic rings. The van der Waals surface area contributed by atoms with Crippen LogP contribution in [0.3, 0.4) is 0 Å². The number of aromatic nitrogens is 3. The first-order valence-electron chi connectivity index (χ1n) is 13.5. The maximum absolute atomic E-state index is 14.1. The molecule has 2 atom stereocenters. The van der Waals surface area contributed by atoms with Crippen LogP contribution in [0.5, 0.6) is 0 Å². The maximum atomic E-state index is 14.1. The summed E-state index contributed by atoms with van der Waals surface area (Å²) in [5, 5.41) is 18.3. The van der Waals surface area contributed by atoms with Crippen LogP contribution >= 0.6 is 10.8 Å². The molecule has 0 radical (unpaired) electrons. The number of benzene rings is 2. The molecule has 4 rings (SSSR count). The monoisotopic (exact) mass is 574 g/mol. The van der Waals surface area contributed by atoms with Crippen LogP contribution in [0.15, 0.2) is 47.5 Å². The Labute approximate surface area is 236 Å². The number of aliphatic carboxylic acids is 1. The Hall–Kier alpha value is -2.83. The highest BCUT2D eigenvalue weighted by Gasteiger charge is 2.40. The number of aryl methyl sites for hydroxylation is 2. The van der Waals surface area contributed by atoms with Crippen LogP contribution in [-0.2, 0) is 35.6 Å². The maximum Gasteiger partial charge on any atom is 0.312 e. The lowest BCUT2D eigenvalue weighted by molar-refractivity contribution is -0.158. The predicted octanol–water partition coefficient (Wildman–Crippen LogP) is 6.22. The van der Waals surface area contributed by atoms with Crippen LogP contribution in [-0.4, -0.2) is 46.0 Å². The Balaban J connectivity index is 1.66. The fraction of sp³-hybridized carbons (Fsp3) is 0.483. The quantitative estimate of drug-likeness (QED) is 0.261. The van der Waals surface area contributed by atoms with Crippen molar-refractivity contribution in [1.82, 2.24) is 19.3 Å². The second kappa shape index (κ2) is 12.0. The zero-order valence-electron chi connectivity index (χ0n) is 23.7. The minimum absolute atomic E-state index is 0.0842. The molecule has 9 nitrogen and oxygen atoms in total. The van der Waals surface area contributed by atoms with Gasteiger partial charge in [-0.2, -0.15) is 4.31 Å². The smallest absolute Gasteiger partial charge is 0.312 e. The fourth-order valence-electron chi connectivity index (χ4n) is 5.10. The van der Waals surface area contributed by atoms with Crippen LogP contribution in [0.4, 0.5) is 4.39 Å². The summed E-state index contributed by atoms with van der Waals surface area (Å²) in [6.07, 6.45) is 2.48. The Morgan fingerprint density at radius 2 is 2.00 bits per heavy atom. The first-order chi connectivity index (χ1) is 18.8. The van der Waals surface area contributed by atoms with Gasteiger partial charge in [-0.1, -0.05) is 43.3 Å². The van der Waals surface area contributed by atoms with Crippen LogP contribution in [0.25, 0.3) is 0 Å². The molecule has 0 fully saturated rings. The molecule has 11 heteroatoms. The van der Waals surface area contributed by atoms with E-state index in [1.165, 1.54) is 12.1 Å². The molecule has 0 bridgehead atoms. The third-order valence-electron chi connectivity index (χ3n) is 7.43.